The first-order valence-corrected chi connectivity index (χ1v) is 14.5. The van der Waals surface area contributed by atoms with Crippen LogP contribution in [0.5, 0.6) is 11.5 Å². The lowest BCUT2D eigenvalue weighted by molar-refractivity contribution is 0.158. The van der Waals surface area contributed by atoms with Crippen molar-refractivity contribution in [1.82, 2.24) is 19.4 Å². The highest BCUT2D eigenvalue weighted by molar-refractivity contribution is 9.10. The number of aromatic nitrogens is 3. The van der Waals surface area contributed by atoms with E-state index in [1.807, 2.05) is 6.07 Å². The number of likely N-dealkylation sites (tertiary alicyclic amines) is 1. The number of methoxy groups -OCH3 is 1. The number of hydrogen-bond acceptors (Lipinski definition) is 7. The number of anilines is 3. The Morgan fingerprint density at radius 2 is 1.97 bits per heavy atom. The van der Waals surface area contributed by atoms with Crippen LogP contribution in [0.2, 0.25) is 0 Å². The molecule has 0 amide bonds. The van der Waals surface area contributed by atoms with Gasteiger partial charge in [0.1, 0.15) is 11.5 Å². The molecule has 0 bridgehead atoms. The summed E-state index contributed by atoms with van der Waals surface area (Å²) in [5, 5.41) is 15.6. The number of ether oxygens (including phenoxy) is 1. The zero-order valence-electron chi connectivity index (χ0n) is 22.3. The fourth-order valence-electron chi connectivity index (χ4n) is 6.46. The minimum atomic E-state index is 0.226. The molecular formula is C30H33BrN6O2. The number of nitrogens with zero attached hydrogens (tertiary/aromatic N) is 5. The van der Waals surface area contributed by atoms with Crippen LogP contribution >= 0.6 is 15.9 Å². The number of piperidine rings is 1. The maximum Gasteiger partial charge on any atom is 0.227 e. The molecule has 0 radical (unpaired) electrons. The predicted octanol–water partition coefficient (Wildman–Crippen LogP) is 6.18. The van der Waals surface area contributed by atoms with Crippen molar-refractivity contribution in [2.75, 3.05) is 44.0 Å². The van der Waals surface area contributed by atoms with E-state index in [-0.39, 0.29) is 5.75 Å². The molecule has 8 nitrogen and oxygen atoms in total. The topological polar surface area (TPSA) is 78.7 Å². The summed E-state index contributed by atoms with van der Waals surface area (Å²) in [5.41, 5.74) is 4.56. The summed E-state index contributed by atoms with van der Waals surface area (Å²) in [6.07, 6.45) is 8.89. The van der Waals surface area contributed by atoms with Crippen molar-refractivity contribution in [2.45, 2.75) is 37.8 Å². The van der Waals surface area contributed by atoms with Gasteiger partial charge in [-0.1, -0.05) is 18.2 Å². The van der Waals surface area contributed by atoms with Crippen molar-refractivity contribution >= 4 is 44.2 Å². The van der Waals surface area contributed by atoms with Crippen LogP contribution in [0.3, 0.4) is 0 Å². The molecular weight excluding hydrogens is 556 g/mol. The molecule has 2 atom stereocenters. The van der Waals surface area contributed by atoms with E-state index < -0.39 is 0 Å². The fraction of sp³-hybridized carbons (Fsp3) is 0.400. The van der Waals surface area contributed by atoms with E-state index in [1.165, 1.54) is 36.6 Å². The Hall–Kier alpha value is -3.30. The highest BCUT2D eigenvalue weighted by atomic mass is 79.9. The molecule has 9 heteroatoms. The third kappa shape index (κ3) is 4.41. The smallest absolute Gasteiger partial charge is 0.227 e. The number of phenols is 1. The quantitative estimate of drug-likeness (QED) is 0.278. The molecule has 39 heavy (non-hydrogen) atoms. The van der Waals surface area contributed by atoms with Gasteiger partial charge in [-0.15, -0.1) is 0 Å². The summed E-state index contributed by atoms with van der Waals surface area (Å²) in [7, 11) is 3.86. The summed E-state index contributed by atoms with van der Waals surface area (Å²) in [4.78, 5) is 14.2. The second kappa shape index (κ2) is 9.71. The zero-order chi connectivity index (χ0) is 26.7. The molecule has 4 aromatic rings. The van der Waals surface area contributed by atoms with Gasteiger partial charge < -0.3 is 29.5 Å². The number of hydrogen-bond donors (Lipinski definition) is 2. The molecule has 4 heterocycles. The van der Waals surface area contributed by atoms with Crippen molar-refractivity contribution in [2.24, 2.45) is 5.92 Å². The molecule has 2 aromatic heterocycles. The predicted molar refractivity (Wildman–Crippen MR) is 158 cm³/mol. The second-order valence-corrected chi connectivity index (χ2v) is 12.0. The Balaban J connectivity index is 1.20. The average molecular weight is 590 g/mol. The fourth-order valence-corrected chi connectivity index (χ4v) is 6.87. The SMILES string of the molecule is COc1cc(N2C[C@H]3CCCN(C)[C@H]3C2)c(O)cc1Nc1ncc(Br)c(-c2cn(C3CC3)c3ccccc23)n1. The molecule has 7 rings (SSSR count). The number of nitrogens with one attached hydrogen (secondary N) is 1. The lowest BCUT2D eigenvalue weighted by atomic mass is 9.93. The summed E-state index contributed by atoms with van der Waals surface area (Å²) >= 11 is 3.68. The number of fused-ring (bicyclic) bond motifs is 2. The van der Waals surface area contributed by atoms with Gasteiger partial charge in [-0.2, -0.15) is 0 Å². The summed E-state index contributed by atoms with van der Waals surface area (Å²) in [5.74, 6) is 1.94. The van der Waals surface area contributed by atoms with E-state index in [1.54, 1.807) is 19.4 Å². The van der Waals surface area contributed by atoms with Crippen molar-refractivity contribution in [3.63, 3.8) is 0 Å². The third-order valence-electron chi connectivity index (χ3n) is 8.62. The first-order valence-electron chi connectivity index (χ1n) is 13.8. The van der Waals surface area contributed by atoms with Crippen LogP contribution in [0.4, 0.5) is 17.3 Å². The van der Waals surface area contributed by atoms with E-state index in [2.05, 4.69) is 78.1 Å². The monoisotopic (exact) mass is 588 g/mol. The molecule has 1 saturated carbocycles. The minimum absolute atomic E-state index is 0.226. The molecule has 3 aliphatic rings. The largest absolute Gasteiger partial charge is 0.506 e. The van der Waals surface area contributed by atoms with Crippen LogP contribution in [-0.2, 0) is 0 Å². The first-order chi connectivity index (χ1) is 19.0. The van der Waals surface area contributed by atoms with Crippen molar-refractivity contribution < 1.29 is 9.84 Å². The lowest BCUT2D eigenvalue weighted by Gasteiger charge is -2.33. The standard InChI is InChI=1S/C30H33BrN6O2/c1-35-11-5-6-18-15-36(17-26(18)35)25-13-28(39-2)23(12-27(25)38)33-30-32-14-22(31)29(34-30)21-16-37(19-9-10-19)24-8-4-3-7-20(21)24/h3-4,7-8,12-14,16,18-19,26,38H,5-6,9-11,15,17H2,1-2H3,(H,32,33,34)/t18-,26+/m1/s1. The molecule has 0 spiro atoms. The number of para-hydroxylation sites is 1. The number of aromatic hydroxyl groups is 1. The molecule has 2 aliphatic heterocycles. The Labute approximate surface area is 236 Å². The van der Waals surface area contributed by atoms with Gasteiger partial charge in [-0.05, 0) is 67.2 Å². The van der Waals surface area contributed by atoms with Gasteiger partial charge >= 0.3 is 0 Å². The molecule has 3 fully saturated rings. The second-order valence-electron chi connectivity index (χ2n) is 11.1. The Morgan fingerprint density at radius 1 is 1.13 bits per heavy atom. The van der Waals surface area contributed by atoms with Gasteiger partial charge in [0, 0.05) is 66.2 Å². The van der Waals surface area contributed by atoms with Crippen molar-refractivity contribution in [3.05, 3.63) is 53.3 Å². The van der Waals surface area contributed by atoms with Crippen LogP contribution in [0.25, 0.3) is 22.2 Å². The highest BCUT2D eigenvalue weighted by Gasteiger charge is 2.38. The van der Waals surface area contributed by atoms with Crippen LogP contribution in [0, 0.1) is 5.92 Å². The first kappa shape index (κ1) is 24.7. The summed E-state index contributed by atoms with van der Waals surface area (Å²) < 4.78 is 8.97. The van der Waals surface area contributed by atoms with Gasteiger partial charge in [-0.3, -0.25) is 0 Å². The maximum absolute atomic E-state index is 11.1. The van der Waals surface area contributed by atoms with Crippen LogP contribution in [-0.4, -0.2) is 64.4 Å². The van der Waals surface area contributed by atoms with Crippen molar-refractivity contribution in [3.8, 4) is 22.8 Å². The van der Waals surface area contributed by atoms with E-state index in [0.717, 1.165) is 41.1 Å². The third-order valence-corrected chi connectivity index (χ3v) is 9.20. The molecule has 2 aromatic carbocycles. The van der Waals surface area contributed by atoms with Gasteiger partial charge in [0.15, 0.2) is 0 Å². The lowest BCUT2D eigenvalue weighted by Crippen LogP contribution is -2.42. The summed E-state index contributed by atoms with van der Waals surface area (Å²) in [6, 6.07) is 13.2. The number of rotatable bonds is 6. The number of phenolic OH excluding ortho intramolecular Hbond substituents is 1. The van der Waals surface area contributed by atoms with Crippen LogP contribution < -0.4 is 15.0 Å². The molecule has 1 aliphatic carbocycles. The molecule has 202 valence electrons. The number of halogens is 1. The van der Waals surface area contributed by atoms with Crippen molar-refractivity contribution in [1.29, 1.82) is 0 Å². The van der Waals surface area contributed by atoms with Gasteiger partial charge in [0.25, 0.3) is 0 Å². The van der Waals surface area contributed by atoms with E-state index >= 15 is 0 Å². The van der Waals surface area contributed by atoms with Crippen LogP contribution in [0.15, 0.2) is 53.3 Å². The average Bonchev–Trinajstić information content (AvgIpc) is 3.57. The number of likely N-dealkylation sites (N-methyl/N-ethyl adjacent to an activating group) is 1. The Bertz CT molecular complexity index is 1550. The van der Waals surface area contributed by atoms with E-state index in [9.17, 15) is 5.11 Å². The number of benzene rings is 2. The zero-order valence-corrected chi connectivity index (χ0v) is 23.9. The molecule has 2 N–H and O–H groups in total. The molecule has 2 saturated heterocycles. The van der Waals surface area contributed by atoms with E-state index in [0.29, 0.717) is 35.4 Å². The maximum atomic E-state index is 11.1. The Morgan fingerprint density at radius 3 is 2.77 bits per heavy atom. The van der Waals surface area contributed by atoms with Gasteiger partial charge in [0.2, 0.25) is 5.95 Å². The van der Waals surface area contributed by atoms with Gasteiger partial charge in [-0.25, -0.2) is 9.97 Å². The normalized spacial score (nSPS) is 21.4. The van der Waals surface area contributed by atoms with E-state index in [4.69, 9.17) is 9.72 Å². The van der Waals surface area contributed by atoms with Gasteiger partial charge in [0.05, 0.1) is 28.7 Å². The highest BCUT2D eigenvalue weighted by Crippen LogP contribution is 2.44. The Kier molecular flexibility index (Phi) is 6.16. The van der Waals surface area contributed by atoms with Crippen LogP contribution in [0.1, 0.15) is 31.7 Å². The summed E-state index contributed by atoms with van der Waals surface area (Å²) in [6.45, 7) is 3.01. The molecule has 0 unspecified atom stereocenters. The minimum Gasteiger partial charge on any atom is -0.506 e.